The van der Waals surface area contributed by atoms with Crippen LogP contribution in [0, 0.1) is 6.92 Å². The first kappa shape index (κ1) is 24.5. The Morgan fingerprint density at radius 3 is 2.24 bits per heavy atom. The van der Waals surface area contributed by atoms with Crippen LogP contribution < -0.4 is 0 Å². The summed E-state index contributed by atoms with van der Waals surface area (Å²) in [6.07, 6.45) is 4.15. The second kappa shape index (κ2) is 12.2. The predicted molar refractivity (Wildman–Crippen MR) is 137 cm³/mol. The zero-order valence-electron chi connectivity index (χ0n) is 19.6. The molecule has 4 nitrogen and oxygen atoms in total. The molecule has 2 aromatic carbocycles. The molecule has 1 atom stereocenters. The van der Waals surface area contributed by atoms with Gasteiger partial charge in [-0.2, -0.15) is 0 Å². The van der Waals surface area contributed by atoms with Crippen LogP contribution in [-0.4, -0.2) is 34.2 Å². The summed E-state index contributed by atoms with van der Waals surface area (Å²) < 4.78 is 0. The van der Waals surface area contributed by atoms with Crippen LogP contribution in [-0.2, 0) is 22.7 Å². The lowest BCUT2D eigenvalue weighted by Crippen LogP contribution is -2.45. The summed E-state index contributed by atoms with van der Waals surface area (Å²) in [4.78, 5) is 31.3. The van der Waals surface area contributed by atoms with Crippen LogP contribution in [0.1, 0.15) is 41.8 Å². The van der Waals surface area contributed by atoms with E-state index in [0.717, 1.165) is 17.5 Å². The number of hydrogen-bond acceptors (Lipinski definition) is 3. The van der Waals surface area contributed by atoms with Crippen molar-refractivity contribution in [2.75, 3.05) is 6.54 Å². The van der Waals surface area contributed by atoms with E-state index in [1.54, 1.807) is 28.4 Å². The number of amides is 2. The number of rotatable bonds is 10. The van der Waals surface area contributed by atoms with E-state index in [-0.39, 0.29) is 24.4 Å². The van der Waals surface area contributed by atoms with Gasteiger partial charge >= 0.3 is 0 Å². The number of hydrogen-bond donors (Lipinski definition) is 0. The third-order valence-corrected chi connectivity index (χ3v) is 6.81. The molecule has 3 rings (SSSR count). The highest BCUT2D eigenvalue weighted by Crippen LogP contribution is 2.20. The van der Waals surface area contributed by atoms with Gasteiger partial charge in [-0.1, -0.05) is 67.6 Å². The topological polar surface area (TPSA) is 40.6 Å². The van der Waals surface area contributed by atoms with E-state index in [9.17, 15) is 9.59 Å². The van der Waals surface area contributed by atoms with Crippen molar-refractivity contribution < 1.29 is 9.59 Å². The monoisotopic (exact) mass is 460 g/mol. The molecule has 5 heteroatoms. The summed E-state index contributed by atoms with van der Waals surface area (Å²) in [6.45, 7) is 7.21. The SMILES string of the molecule is CCC(C)N(CC(=O)N(Cc1ccccc1)Cc1sccc1C)C(=O)/C=C/c1ccccc1. The van der Waals surface area contributed by atoms with E-state index in [2.05, 4.69) is 18.4 Å². The molecule has 0 saturated heterocycles. The predicted octanol–water partition coefficient (Wildman–Crippen LogP) is 5.93. The Kier molecular flexibility index (Phi) is 9.02. The fraction of sp³-hybridized carbons (Fsp3) is 0.286. The van der Waals surface area contributed by atoms with Crippen LogP contribution in [0.2, 0.25) is 0 Å². The molecule has 0 N–H and O–H groups in total. The van der Waals surface area contributed by atoms with E-state index in [1.165, 1.54) is 10.4 Å². The Hall–Kier alpha value is -3.18. The lowest BCUT2D eigenvalue weighted by molar-refractivity contribution is -0.140. The van der Waals surface area contributed by atoms with Gasteiger partial charge in [-0.25, -0.2) is 0 Å². The maximum absolute atomic E-state index is 13.5. The summed E-state index contributed by atoms with van der Waals surface area (Å²) in [6, 6.07) is 21.8. The van der Waals surface area contributed by atoms with Gasteiger partial charge in [0.05, 0.1) is 6.54 Å². The first-order valence-electron chi connectivity index (χ1n) is 11.4. The Bertz CT molecular complexity index is 1060. The maximum atomic E-state index is 13.5. The van der Waals surface area contributed by atoms with Crippen LogP contribution in [0.4, 0.5) is 0 Å². The lowest BCUT2D eigenvalue weighted by Gasteiger charge is -2.30. The van der Waals surface area contributed by atoms with Crippen molar-refractivity contribution >= 4 is 29.2 Å². The van der Waals surface area contributed by atoms with Gasteiger partial charge in [0, 0.05) is 23.5 Å². The Morgan fingerprint density at radius 2 is 1.64 bits per heavy atom. The van der Waals surface area contributed by atoms with Crippen LogP contribution >= 0.6 is 11.3 Å². The van der Waals surface area contributed by atoms with Crippen LogP contribution in [0.25, 0.3) is 6.08 Å². The highest BCUT2D eigenvalue weighted by atomic mass is 32.1. The maximum Gasteiger partial charge on any atom is 0.247 e. The highest BCUT2D eigenvalue weighted by Gasteiger charge is 2.24. The second-order valence-electron chi connectivity index (χ2n) is 8.23. The fourth-order valence-electron chi connectivity index (χ4n) is 3.52. The molecule has 0 fully saturated rings. The summed E-state index contributed by atoms with van der Waals surface area (Å²) in [5, 5.41) is 2.05. The normalized spacial score (nSPS) is 12.0. The van der Waals surface area contributed by atoms with E-state index in [0.29, 0.717) is 13.1 Å². The number of carbonyl (C=O) groups excluding carboxylic acids is 2. The summed E-state index contributed by atoms with van der Waals surface area (Å²) in [5.41, 5.74) is 3.22. The second-order valence-corrected chi connectivity index (χ2v) is 9.23. The van der Waals surface area contributed by atoms with Gasteiger partial charge in [-0.05, 0) is 54.5 Å². The molecular formula is C28H32N2O2S. The molecular weight excluding hydrogens is 428 g/mol. The number of carbonyl (C=O) groups is 2. The van der Waals surface area contributed by atoms with Gasteiger partial charge in [-0.3, -0.25) is 9.59 Å². The van der Waals surface area contributed by atoms with E-state index >= 15 is 0 Å². The molecule has 2 amide bonds. The van der Waals surface area contributed by atoms with Crippen molar-refractivity contribution in [3.8, 4) is 0 Å². The zero-order chi connectivity index (χ0) is 23.6. The van der Waals surface area contributed by atoms with Gasteiger partial charge in [-0.15, -0.1) is 11.3 Å². The van der Waals surface area contributed by atoms with Crippen molar-refractivity contribution in [2.24, 2.45) is 0 Å². The first-order valence-corrected chi connectivity index (χ1v) is 12.2. The third kappa shape index (κ3) is 7.16. The average Bonchev–Trinajstić information content (AvgIpc) is 3.25. The van der Waals surface area contributed by atoms with Crippen molar-refractivity contribution in [1.82, 2.24) is 9.80 Å². The molecule has 0 saturated carbocycles. The van der Waals surface area contributed by atoms with Crippen molar-refractivity contribution in [1.29, 1.82) is 0 Å². The molecule has 1 unspecified atom stereocenters. The summed E-state index contributed by atoms with van der Waals surface area (Å²) in [7, 11) is 0. The van der Waals surface area contributed by atoms with Crippen LogP contribution in [0.3, 0.4) is 0 Å². The molecule has 1 heterocycles. The first-order chi connectivity index (χ1) is 16.0. The molecule has 172 valence electrons. The van der Waals surface area contributed by atoms with Crippen molar-refractivity contribution in [3.05, 3.63) is 99.8 Å². The minimum atomic E-state index is -0.145. The standard InChI is InChI=1S/C28H32N2O2S/c1-4-23(3)30(27(31)16-15-24-11-7-5-8-12-24)21-28(32)29(19-25-13-9-6-10-14-25)20-26-22(2)17-18-33-26/h5-18,23H,4,19-21H2,1-3H3/b16-15+. The molecule has 0 spiro atoms. The number of nitrogens with zero attached hydrogens (tertiary/aromatic N) is 2. The summed E-state index contributed by atoms with van der Waals surface area (Å²) >= 11 is 1.66. The minimum absolute atomic E-state index is 0.0380. The third-order valence-electron chi connectivity index (χ3n) is 5.80. The number of aryl methyl sites for hydroxylation is 1. The average molecular weight is 461 g/mol. The van der Waals surface area contributed by atoms with Crippen LogP contribution in [0.5, 0.6) is 0 Å². The zero-order valence-corrected chi connectivity index (χ0v) is 20.4. The lowest BCUT2D eigenvalue weighted by atomic mass is 10.1. The molecule has 1 aromatic heterocycles. The Balaban J connectivity index is 1.78. The largest absolute Gasteiger partial charge is 0.332 e. The molecule has 0 bridgehead atoms. The van der Waals surface area contributed by atoms with Crippen LogP contribution in [0.15, 0.2) is 78.2 Å². The Labute approximate surface area is 201 Å². The van der Waals surface area contributed by atoms with Gasteiger partial charge in [0.2, 0.25) is 11.8 Å². The van der Waals surface area contributed by atoms with Gasteiger partial charge in [0.1, 0.15) is 6.54 Å². The fourth-order valence-corrected chi connectivity index (χ4v) is 4.44. The molecule has 0 aliphatic heterocycles. The smallest absolute Gasteiger partial charge is 0.247 e. The quantitative estimate of drug-likeness (QED) is 0.352. The van der Waals surface area contributed by atoms with E-state index < -0.39 is 0 Å². The number of benzene rings is 2. The molecule has 0 aliphatic rings. The van der Waals surface area contributed by atoms with Crippen molar-refractivity contribution in [3.63, 3.8) is 0 Å². The van der Waals surface area contributed by atoms with E-state index in [4.69, 9.17) is 0 Å². The minimum Gasteiger partial charge on any atom is -0.332 e. The van der Waals surface area contributed by atoms with Crippen molar-refractivity contribution in [2.45, 2.75) is 46.3 Å². The molecule has 33 heavy (non-hydrogen) atoms. The van der Waals surface area contributed by atoms with E-state index in [1.807, 2.05) is 79.4 Å². The van der Waals surface area contributed by atoms with Gasteiger partial charge in [0.25, 0.3) is 0 Å². The highest BCUT2D eigenvalue weighted by molar-refractivity contribution is 7.10. The Morgan fingerprint density at radius 1 is 0.970 bits per heavy atom. The molecule has 3 aromatic rings. The van der Waals surface area contributed by atoms with Gasteiger partial charge < -0.3 is 9.80 Å². The number of thiophene rings is 1. The molecule has 0 aliphatic carbocycles. The summed E-state index contributed by atoms with van der Waals surface area (Å²) in [5.74, 6) is -0.193. The van der Waals surface area contributed by atoms with Gasteiger partial charge in [0.15, 0.2) is 0 Å². The molecule has 0 radical (unpaired) electrons.